The predicted octanol–water partition coefficient (Wildman–Crippen LogP) is 18.2. The third-order valence-electron chi connectivity index (χ3n) is 14.2. The minimum atomic E-state index is 0.565. The summed E-state index contributed by atoms with van der Waals surface area (Å²) in [6.45, 7) is 0. The molecule has 0 radical (unpaired) electrons. The van der Waals surface area contributed by atoms with Crippen LogP contribution in [0.2, 0.25) is 0 Å². The molecule has 0 aliphatic carbocycles. The average Bonchev–Trinajstić information content (AvgIpc) is 4.06. The van der Waals surface area contributed by atoms with E-state index in [1.807, 2.05) is 18.2 Å². The first-order valence-electron chi connectivity index (χ1n) is 25.0. The summed E-state index contributed by atoms with van der Waals surface area (Å²) in [6.07, 6.45) is 0. The van der Waals surface area contributed by atoms with Gasteiger partial charge in [0.05, 0.1) is 16.7 Å². The molecule has 3 aromatic heterocycles. The van der Waals surface area contributed by atoms with E-state index in [4.69, 9.17) is 19.4 Å². The van der Waals surface area contributed by atoms with Gasteiger partial charge in [-0.25, -0.2) is 15.0 Å². The number of rotatable bonds is 9. The van der Waals surface area contributed by atoms with Gasteiger partial charge < -0.3 is 8.98 Å². The SMILES string of the molecule is c1ccc(-c2ccc(-c3nc(-c4cc(-c5ccccc5)cc(-c5ccccc5)c4)nc(-c4cc(-c5ccccc5)c(-n5c6ccccc6c6cc7c(cc65)oc5ccccc57)c(-c5ccccc5)c4)n3)cc2)cc1. The lowest BCUT2D eigenvalue weighted by Crippen LogP contribution is -2.04. The second-order valence-electron chi connectivity index (χ2n) is 18.7. The van der Waals surface area contributed by atoms with Gasteiger partial charge in [0.15, 0.2) is 17.5 Å². The van der Waals surface area contributed by atoms with Gasteiger partial charge in [0.25, 0.3) is 0 Å². The Hall–Kier alpha value is -9.97. The molecular weight excluding hydrogens is 901 g/mol. The Kier molecular flexibility index (Phi) is 10.4. The van der Waals surface area contributed by atoms with Crippen molar-refractivity contribution >= 4 is 43.7 Å². The van der Waals surface area contributed by atoms with Crippen LogP contribution in [0.15, 0.2) is 271 Å². The van der Waals surface area contributed by atoms with E-state index in [1.54, 1.807) is 0 Å². The zero-order valence-corrected chi connectivity index (χ0v) is 40.1. The van der Waals surface area contributed by atoms with Gasteiger partial charge in [-0.2, -0.15) is 0 Å². The van der Waals surface area contributed by atoms with Crippen molar-refractivity contribution in [3.63, 3.8) is 0 Å². The Labute approximate surface area is 428 Å². The van der Waals surface area contributed by atoms with Gasteiger partial charge >= 0.3 is 0 Å². The van der Waals surface area contributed by atoms with E-state index in [1.165, 1.54) is 0 Å². The van der Waals surface area contributed by atoms with Crippen LogP contribution in [0.4, 0.5) is 0 Å². The Balaban J connectivity index is 1.05. The summed E-state index contributed by atoms with van der Waals surface area (Å²) in [7, 11) is 0. The number of benzene rings is 11. The van der Waals surface area contributed by atoms with Crippen LogP contribution >= 0.6 is 0 Å². The minimum absolute atomic E-state index is 0.565. The largest absolute Gasteiger partial charge is 0.456 e. The van der Waals surface area contributed by atoms with Gasteiger partial charge in [-0.05, 0) is 93.0 Å². The number of hydrogen-bond acceptors (Lipinski definition) is 4. The zero-order valence-electron chi connectivity index (χ0n) is 40.1. The van der Waals surface area contributed by atoms with Crippen LogP contribution in [-0.4, -0.2) is 19.5 Å². The first kappa shape index (κ1) is 42.9. The highest BCUT2D eigenvalue weighted by Gasteiger charge is 2.24. The lowest BCUT2D eigenvalue weighted by molar-refractivity contribution is 0.669. The molecule has 14 rings (SSSR count). The Morgan fingerprint density at radius 2 is 0.649 bits per heavy atom. The van der Waals surface area contributed by atoms with Crippen LogP contribution in [0.1, 0.15) is 0 Å². The van der Waals surface area contributed by atoms with E-state index in [0.29, 0.717) is 17.5 Å². The Morgan fingerprint density at radius 1 is 0.243 bits per heavy atom. The molecule has 3 heterocycles. The fraction of sp³-hybridized carbons (Fsp3) is 0. The van der Waals surface area contributed by atoms with Crippen molar-refractivity contribution in [3.05, 3.63) is 267 Å². The van der Waals surface area contributed by atoms with E-state index in [-0.39, 0.29) is 0 Å². The minimum Gasteiger partial charge on any atom is -0.456 e. The molecule has 0 N–H and O–H groups in total. The summed E-state index contributed by atoms with van der Waals surface area (Å²) >= 11 is 0. The summed E-state index contributed by atoms with van der Waals surface area (Å²) in [6, 6.07) is 94.2. The third-order valence-corrected chi connectivity index (χ3v) is 14.2. The molecule has 0 aliphatic rings. The second kappa shape index (κ2) is 18.0. The molecule has 0 saturated carbocycles. The van der Waals surface area contributed by atoms with Crippen LogP contribution in [0.25, 0.3) is 139 Å². The van der Waals surface area contributed by atoms with Crippen LogP contribution in [-0.2, 0) is 0 Å². The maximum absolute atomic E-state index is 6.61. The number of para-hydroxylation sites is 2. The fourth-order valence-corrected chi connectivity index (χ4v) is 10.7. The molecule has 0 spiro atoms. The molecule has 0 saturated heterocycles. The lowest BCUT2D eigenvalue weighted by atomic mass is 9.92. The Morgan fingerprint density at radius 3 is 1.20 bits per heavy atom. The average molecular weight is 945 g/mol. The van der Waals surface area contributed by atoms with Crippen LogP contribution in [0.5, 0.6) is 0 Å². The fourth-order valence-electron chi connectivity index (χ4n) is 10.7. The van der Waals surface area contributed by atoms with Crippen molar-refractivity contribution < 1.29 is 4.42 Å². The van der Waals surface area contributed by atoms with Crippen LogP contribution < -0.4 is 0 Å². The molecule has 0 fully saturated rings. The summed E-state index contributed by atoms with van der Waals surface area (Å²) in [4.78, 5) is 16.3. The number of fused-ring (bicyclic) bond motifs is 6. The number of nitrogens with zero attached hydrogens (tertiary/aromatic N) is 4. The van der Waals surface area contributed by atoms with Crippen molar-refractivity contribution in [3.8, 4) is 95.5 Å². The molecule has 0 unspecified atom stereocenters. The molecular formula is C69H44N4O. The predicted molar refractivity (Wildman–Crippen MR) is 305 cm³/mol. The van der Waals surface area contributed by atoms with Gasteiger partial charge in [-0.15, -0.1) is 0 Å². The molecule has 0 aliphatic heterocycles. The van der Waals surface area contributed by atoms with E-state index >= 15 is 0 Å². The molecule has 5 heteroatoms. The highest BCUT2D eigenvalue weighted by Crippen LogP contribution is 2.46. The highest BCUT2D eigenvalue weighted by atomic mass is 16.3. The quantitative estimate of drug-likeness (QED) is 0.145. The monoisotopic (exact) mass is 944 g/mol. The number of aromatic nitrogens is 4. The van der Waals surface area contributed by atoms with E-state index in [2.05, 4.69) is 253 Å². The first-order valence-corrected chi connectivity index (χ1v) is 25.0. The number of hydrogen-bond donors (Lipinski definition) is 0. The number of furan rings is 1. The molecule has 0 bridgehead atoms. The van der Waals surface area contributed by atoms with Gasteiger partial charge in [0.1, 0.15) is 11.2 Å². The highest BCUT2D eigenvalue weighted by molar-refractivity contribution is 6.18. The van der Waals surface area contributed by atoms with Crippen molar-refractivity contribution in [1.29, 1.82) is 0 Å². The molecule has 11 aromatic carbocycles. The molecule has 0 atom stereocenters. The first-order chi connectivity index (χ1) is 36.7. The van der Waals surface area contributed by atoms with Gasteiger partial charge in [-0.1, -0.05) is 212 Å². The summed E-state index contributed by atoms with van der Waals surface area (Å²) in [5.41, 5.74) is 18.4. The second-order valence-corrected chi connectivity index (χ2v) is 18.7. The molecule has 74 heavy (non-hydrogen) atoms. The van der Waals surface area contributed by atoms with Gasteiger partial charge in [-0.3, -0.25) is 0 Å². The van der Waals surface area contributed by atoms with Gasteiger partial charge in [0.2, 0.25) is 0 Å². The van der Waals surface area contributed by atoms with Crippen molar-refractivity contribution in [1.82, 2.24) is 19.5 Å². The van der Waals surface area contributed by atoms with E-state index < -0.39 is 0 Å². The van der Waals surface area contributed by atoms with E-state index in [9.17, 15) is 0 Å². The van der Waals surface area contributed by atoms with E-state index in [0.717, 1.165) is 122 Å². The van der Waals surface area contributed by atoms with Crippen molar-refractivity contribution in [2.24, 2.45) is 0 Å². The van der Waals surface area contributed by atoms with Crippen LogP contribution in [0, 0.1) is 0 Å². The summed E-state index contributed by atoms with van der Waals surface area (Å²) < 4.78 is 9.04. The summed E-state index contributed by atoms with van der Waals surface area (Å²) in [5.74, 6) is 1.73. The van der Waals surface area contributed by atoms with Gasteiger partial charge in [0, 0.05) is 55.4 Å². The molecule has 0 amide bonds. The maximum Gasteiger partial charge on any atom is 0.164 e. The summed E-state index contributed by atoms with van der Waals surface area (Å²) in [5, 5.41) is 4.51. The standard InChI is InChI=1S/C69H44N4O/c1-6-20-45(21-7-1)48-34-36-51(37-35-48)67-70-68(54-39-52(46-22-8-2-9-23-46)38-53(40-54)47-24-10-3-11-25-47)72-69(71-67)55-41-58(49-26-12-4-13-27-49)66(59(42-55)50-28-14-5-15-29-50)73-62-32-18-16-30-56(62)60-43-61-57-31-17-19-33-64(57)74-65(61)44-63(60)73/h1-44H. The van der Waals surface area contributed by atoms with Crippen molar-refractivity contribution in [2.75, 3.05) is 0 Å². The normalized spacial score (nSPS) is 11.5. The molecule has 5 nitrogen and oxygen atoms in total. The zero-order chi connectivity index (χ0) is 49.0. The topological polar surface area (TPSA) is 56.7 Å². The third kappa shape index (κ3) is 7.63. The lowest BCUT2D eigenvalue weighted by Gasteiger charge is -2.21. The smallest absolute Gasteiger partial charge is 0.164 e. The Bertz CT molecular complexity index is 4260. The van der Waals surface area contributed by atoms with Crippen LogP contribution in [0.3, 0.4) is 0 Å². The van der Waals surface area contributed by atoms with Crippen molar-refractivity contribution in [2.45, 2.75) is 0 Å². The molecule has 14 aromatic rings. The molecule has 346 valence electrons. The maximum atomic E-state index is 6.61.